The van der Waals surface area contributed by atoms with E-state index in [0.717, 1.165) is 83.2 Å². The van der Waals surface area contributed by atoms with E-state index < -0.39 is 0 Å². The first-order chi connectivity index (χ1) is 29.6. The first kappa shape index (κ1) is 36.0. The monoisotopic (exact) mass is 765 g/mol. The maximum absolute atomic E-state index is 10.0. The first-order valence-electron chi connectivity index (χ1n) is 19.8. The summed E-state index contributed by atoms with van der Waals surface area (Å²) in [7, 11) is 0. The fourth-order valence-corrected chi connectivity index (χ4v) is 7.60. The normalized spacial score (nSPS) is 11.0. The average Bonchev–Trinajstić information content (AvgIpc) is 3.34. The number of hydrogen-bond donors (Lipinski definition) is 0. The Balaban J connectivity index is 0.952. The highest BCUT2D eigenvalue weighted by molar-refractivity contribution is 5.92. The lowest BCUT2D eigenvalue weighted by atomic mass is 9.93. The van der Waals surface area contributed by atoms with E-state index in [4.69, 9.17) is 15.0 Å². The van der Waals surface area contributed by atoms with E-state index in [1.165, 1.54) is 0 Å². The van der Waals surface area contributed by atoms with Gasteiger partial charge in [0.2, 0.25) is 0 Å². The van der Waals surface area contributed by atoms with Crippen molar-refractivity contribution in [2.75, 3.05) is 0 Å². The third-order valence-corrected chi connectivity index (χ3v) is 10.8. The van der Waals surface area contributed by atoms with Crippen LogP contribution in [0.25, 0.3) is 101 Å². The van der Waals surface area contributed by atoms with Crippen LogP contribution in [0.2, 0.25) is 0 Å². The van der Waals surface area contributed by atoms with Gasteiger partial charge < -0.3 is 0 Å². The Hall–Kier alpha value is -8.33. The fraction of sp³-hybridized carbons (Fsp3) is 0. The van der Waals surface area contributed by atoms with Crippen molar-refractivity contribution in [1.82, 2.24) is 19.9 Å². The summed E-state index contributed by atoms with van der Waals surface area (Å²) >= 11 is 0. The molecule has 0 aliphatic carbocycles. The highest BCUT2D eigenvalue weighted by Gasteiger charge is 2.14. The van der Waals surface area contributed by atoms with Crippen molar-refractivity contribution in [1.29, 1.82) is 5.26 Å². The largest absolute Gasteiger partial charge is 0.256 e. The predicted octanol–water partition coefficient (Wildman–Crippen LogP) is 13.6. The maximum atomic E-state index is 10.0. The zero-order valence-corrected chi connectivity index (χ0v) is 32.4. The minimum Gasteiger partial charge on any atom is -0.256 e. The fourth-order valence-electron chi connectivity index (χ4n) is 7.60. The van der Waals surface area contributed by atoms with Crippen LogP contribution in [0.15, 0.2) is 212 Å². The molecule has 0 radical (unpaired) electrons. The molecular weight excluding hydrogens is 731 g/mol. The molecule has 5 nitrogen and oxygen atoms in total. The summed E-state index contributed by atoms with van der Waals surface area (Å²) in [5, 5.41) is 12.3. The molecule has 0 unspecified atom stereocenters. The van der Waals surface area contributed by atoms with Crippen LogP contribution in [-0.2, 0) is 0 Å². The molecule has 2 aromatic heterocycles. The Morgan fingerprint density at radius 1 is 0.300 bits per heavy atom. The molecule has 0 N–H and O–H groups in total. The molecule has 8 aromatic carbocycles. The number of fused-ring (bicyclic) bond motifs is 1. The number of rotatable bonds is 8. The van der Waals surface area contributed by atoms with Crippen LogP contribution < -0.4 is 0 Å². The number of pyridine rings is 1. The lowest BCUT2D eigenvalue weighted by Gasteiger charge is -2.11. The van der Waals surface area contributed by atoms with Crippen LogP contribution in [0.1, 0.15) is 5.56 Å². The summed E-state index contributed by atoms with van der Waals surface area (Å²) in [5.41, 5.74) is 13.9. The van der Waals surface area contributed by atoms with Gasteiger partial charge >= 0.3 is 0 Å². The zero-order valence-electron chi connectivity index (χ0n) is 32.4. The number of aromatic nitrogens is 4. The Bertz CT molecular complexity index is 3160. The lowest BCUT2D eigenvalue weighted by molar-refractivity contribution is 1.07. The van der Waals surface area contributed by atoms with Crippen molar-refractivity contribution in [2.24, 2.45) is 0 Å². The summed E-state index contributed by atoms with van der Waals surface area (Å²) < 4.78 is 0. The van der Waals surface area contributed by atoms with Gasteiger partial charge in [0.1, 0.15) is 0 Å². The van der Waals surface area contributed by atoms with Gasteiger partial charge in [-0.25, -0.2) is 15.0 Å². The van der Waals surface area contributed by atoms with Crippen LogP contribution in [0.3, 0.4) is 0 Å². The summed E-state index contributed by atoms with van der Waals surface area (Å²) in [6.07, 6.45) is 1.80. The van der Waals surface area contributed by atoms with Crippen LogP contribution in [-0.4, -0.2) is 19.9 Å². The molecule has 10 aromatic rings. The Morgan fingerprint density at radius 2 is 0.700 bits per heavy atom. The van der Waals surface area contributed by atoms with Gasteiger partial charge in [0, 0.05) is 28.5 Å². The number of hydrogen-bond acceptors (Lipinski definition) is 5. The molecule has 0 atom stereocenters. The second kappa shape index (κ2) is 15.9. The lowest BCUT2D eigenvalue weighted by Crippen LogP contribution is -2.00. The van der Waals surface area contributed by atoms with Gasteiger partial charge in [0.15, 0.2) is 17.5 Å². The van der Waals surface area contributed by atoms with Gasteiger partial charge in [0.25, 0.3) is 0 Å². The summed E-state index contributed by atoms with van der Waals surface area (Å²) in [6, 6.07) is 72.9. The van der Waals surface area contributed by atoms with E-state index >= 15 is 0 Å². The molecule has 10 rings (SSSR count). The molecule has 0 spiro atoms. The molecule has 2 heterocycles. The zero-order chi connectivity index (χ0) is 40.3. The maximum Gasteiger partial charge on any atom is 0.164 e. The number of nitriles is 1. The summed E-state index contributed by atoms with van der Waals surface area (Å²) in [4.78, 5) is 19.4. The van der Waals surface area contributed by atoms with Crippen LogP contribution in [0.4, 0.5) is 0 Å². The molecule has 0 bridgehead atoms. The van der Waals surface area contributed by atoms with E-state index in [1.807, 2.05) is 66.7 Å². The summed E-state index contributed by atoms with van der Waals surface area (Å²) in [6.45, 7) is 0. The van der Waals surface area contributed by atoms with Crippen molar-refractivity contribution in [3.8, 4) is 96.0 Å². The van der Waals surface area contributed by atoms with Gasteiger partial charge in [0.05, 0.1) is 17.3 Å². The van der Waals surface area contributed by atoms with Gasteiger partial charge in [-0.3, -0.25) is 4.98 Å². The van der Waals surface area contributed by atoms with Crippen molar-refractivity contribution in [2.45, 2.75) is 0 Å². The highest BCUT2D eigenvalue weighted by Crippen LogP contribution is 2.34. The summed E-state index contributed by atoms with van der Waals surface area (Å²) in [5.74, 6) is 1.87. The van der Waals surface area contributed by atoms with Crippen LogP contribution in [0, 0.1) is 11.3 Å². The average molecular weight is 766 g/mol. The predicted molar refractivity (Wildman–Crippen MR) is 243 cm³/mol. The van der Waals surface area contributed by atoms with Crippen LogP contribution >= 0.6 is 0 Å². The third kappa shape index (κ3) is 7.45. The van der Waals surface area contributed by atoms with Crippen molar-refractivity contribution < 1.29 is 0 Å². The quantitative estimate of drug-likeness (QED) is 0.154. The van der Waals surface area contributed by atoms with Gasteiger partial charge in [-0.1, -0.05) is 164 Å². The third-order valence-electron chi connectivity index (χ3n) is 10.8. The van der Waals surface area contributed by atoms with E-state index in [0.29, 0.717) is 23.0 Å². The highest BCUT2D eigenvalue weighted by atomic mass is 15.0. The molecule has 0 saturated heterocycles. The molecule has 0 fully saturated rings. The minimum absolute atomic E-state index is 0.615. The minimum atomic E-state index is 0.615. The van der Waals surface area contributed by atoms with Crippen molar-refractivity contribution >= 4 is 10.8 Å². The van der Waals surface area contributed by atoms with E-state index in [-0.39, 0.29) is 0 Å². The molecule has 0 saturated carbocycles. The number of benzene rings is 8. The molecule has 280 valence electrons. The number of nitrogens with zero attached hydrogens (tertiary/aromatic N) is 5. The van der Waals surface area contributed by atoms with E-state index in [9.17, 15) is 5.26 Å². The van der Waals surface area contributed by atoms with Gasteiger partial charge in [-0.2, -0.15) is 5.26 Å². The molecule has 60 heavy (non-hydrogen) atoms. The standard InChI is InChI=1S/C55H35N5/c56-36-37-31-49(41-14-22-43(23-15-41)52-13-7-8-30-57-52)35-50(32-37)48-29-21-42-20-28-47(33-51(42)34-48)40-18-26-46(27-19-40)55-59-53(44-11-5-2-6-12-44)58-54(60-55)45-24-16-39(17-25-45)38-9-3-1-4-10-38/h1-35H. The molecule has 5 heteroatoms. The molecular formula is C55H35N5. The van der Waals surface area contributed by atoms with E-state index in [1.54, 1.807) is 6.20 Å². The first-order valence-corrected chi connectivity index (χ1v) is 19.8. The van der Waals surface area contributed by atoms with Gasteiger partial charge in [-0.15, -0.1) is 0 Å². The SMILES string of the molecule is N#Cc1cc(-c2ccc(-c3ccccn3)cc2)cc(-c2ccc3ccc(-c4ccc(-c5nc(-c6ccccc6)nc(-c6ccc(-c7ccccc7)cc6)n5)cc4)cc3c2)c1. The molecule has 0 amide bonds. The Labute approximate surface area is 348 Å². The second-order valence-electron chi connectivity index (χ2n) is 14.7. The molecule has 0 aliphatic rings. The van der Waals surface area contributed by atoms with E-state index in [2.05, 4.69) is 151 Å². The van der Waals surface area contributed by atoms with Crippen molar-refractivity contribution in [3.05, 3.63) is 218 Å². The van der Waals surface area contributed by atoms with Crippen LogP contribution in [0.5, 0.6) is 0 Å². The van der Waals surface area contributed by atoms with Gasteiger partial charge in [-0.05, 0) is 97.7 Å². The Kier molecular flexibility index (Phi) is 9.55. The second-order valence-corrected chi connectivity index (χ2v) is 14.7. The van der Waals surface area contributed by atoms with Crippen molar-refractivity contribution in [3.63, 3.8) is 0 Å². The topological polar surface area (TPSA) is 75.3 Å². The smallest absolute Gasteiger partial charge is 0.164 e. The Morgan fingerprint density at radius 3 is 1.23 bits per heavy atom. The molecule has 0 aliphatic heterocycles.